The predicted molar refractivity (Wildman–Crippen MR) is 65.1 cm³/mol. The van der Waals surface area contributed by atoms with Crippen LogP contribution in [0.25, 0.3) is 0 Å². The predicted octanol–water partition coefficient (Wildman–Crippen LogP) is 0.231. The van der Waals surface area contributed by atoms with Gasteiger partial charge in [0.1, 0.15) is 18.1 Å². The number of carbonyl (C=O) groups excluding carboxylic acids is 1. The Morgan fingerprint density at radius 3 is 3.00 bits per heavy atom. The number of H-pyrrole nitrogens is 1. The number of aliphatic hydroxyl groups is 1. The van der Waals surface area contributed by atoms with Crippen molar-refractivity contribution in [3.8, 4) is 0 Å². The molecule has 1 aromatic rings. The van der Waals surface area contributed by atoms with Crippen LogP contribution in [0.15, 0.2) is 0 Å². The van der Waals surface area contributed by atoms with Gasteiger partial charge in [-0.05, 0) is 11.8 Å². The van der Waals surface area contributed by atoms with Gasteiger partial charge in [0.2, 0.25) is 0 Å². The number of aromatic nitrogens is 2. The van der Waals surface area contributed by atoms with Gasteiger partial charge in [-0.2, -0.15) is 0 Å². The monoisotopic (exact) mass is 253 g/mol. The Kier molecular flexibility index (Phi) is 3.68. The lowest BCUT2D eigenvalue weighted by atomic mass is 9.88. The summed E-state index contributed by atoms with van der Waals surface area (Å²) in [5.41, 5.74) is 1.33. The lowest BCUT2D eigenvalue weighted by molar-refractivity contribution is 0.0777. The van der Waals surface area contributed by atoms with Crippen LogP contribution in [-0.4, -0.2) is 40.7 Å². The van der Waals surface area contributed by atoms with E-state index in [1.807, 2.05) is 0 Å². The topological polar surface area (TPSA) is 87.2 Å². The van der Waals surface area contributed by atoms with E-state index in [0.717, 1.165) is 12.1 Å². The van der Waals surface area contributed by atoms with Crippen LogP contribution in [0, 0.1) is 5.41 Å². The maximum Gasteiger partial charge on any atom is 0.271 e. The fourth-order valence-electron chi connectivity index (χ4n) is 2.03. The molecular weight excluding hydrogens is 234 g/mol. The van der Waals surface area contributed by atoms with Crippen molar-refractivity contribution in [2.45, 2.75) is 26.9 Å². The van der Waals surface area contributed by atoms with Crippen LogP contribution < -0.4 is 5.32 Å². The minimum atomic E-state index is -0.139. The van der Waals surface area contributed by atoms with Crippen LogP contribution in [0.1, 0.15) is 35.9 Å². The van der Waals surface area contributed by atoms with Crippen LogP contribution in [0.2, 0.25) is 0 Å². The number of hydrogen-bond acceptors (Lipinski definition) is 4. The molecule has 0 radical (unpaired) electrons. The second kappa shape index (κ2) is 5.07. The Hall–Kier alpha value is -1.40. The summed E-state index contributed by atoms with van der Waals surface area (Å²) in [6.45, 7) is 5.38. The minimum Gasteiger partial charge on any atom is -0.394 e. The number of ether oxygens (including phenoxy) is 1. The first-order valence-electron chi connectivity index (χ1n) is 6.06. The summed E-state index contributed by atoms with van der Waals surface area (Å²) >= 11 is 0. The average Bonchev–Trinajstić information content (AvgIpc) is 2.64. The highest BCUT2D eigenvalue weighted by Gasteiger charge is 2.29. The van der Waals surface area contributed by atoms with Crippen LogP contribution in [0.3, 0.4) is 0 Å². The number of hydrogen-bond donors (Lipinski definition) is 3. The van der Waals surface area contributed by atoms with E-state index in [0.29, 0.717) is 18.1 Å². The van der Waals surface area contributed by atoms with E-state index < -0.39 is 0 Å². The number of nitrogens with one attached hydrogen (secondary N) is 2. The largest absolute Gasteiger partial charge is 0.394 e. The van der Waals surface area contributed by atoms with E-state index in [2.05, 4.69) is 29.1 Å². The molecule has 1 amide bonds. The molecule has 0 unspecified atom stereocenters. The first kappa shape index (κ1) is 13.0. The van der Waals surface area contributed by atoms with Gasteiger partial charge in [0.25, 0.3) is 5.91 Å². The Morgan fingerprint density at radius 1 is 1.50 bits per heavy atom. The van der Waals surface area contributed by atoms with Crippen molar-refractivity contribution >= 4 is 5.91 Å². The zero-order chi connectivity index (χ0) is 13.2. The number of aliphatic hydroxyl groups excluding tert-OH is 1. The SMILES string of the molecule is CC1(C)CNC(=O)c2nc(COCCO)[nH]c2C1. The van der Waals surface area contributed by atoms with Gasteiger partial charge < -0.3 is 20.1 Å². The summed E-state index contributed by atoms with van der Waals surface area (Å²) < 4.78 is 5.19. The summed E-state index contributed by atoms with van der Waals surface area (Å²) in [5.74, 6) is 0.488. The molecule has 100 valence electrons. The summed E-state index contributed by atoms with van der Waals surface area (Å²) in [7, 11) is 0. The third-order valence-electron chi connectivity index (χ3n) is 2.90. The number of nitrogens with zero attached hydrogens (tertiary/aromatic N) is 1. The van der Waals surface area contributed by atoms with E-state index in [4.69, 9.17) is 9.84 Å². The molecule has 18 heavy (non-hydrogen) atoms. The van der Waals surface area contributed by atoms with Crippen LogP contribution >= 0.6 is 0 Å². The van der Waals surface area contributed by atoms with E-state index in [-0.39, 0.29) is 31.1 Å². The summed E-state index contributed by atoms with van der Waals surface area (Å²) in [5, 5.41) is 11.5. The summed E-state index contributed by atoms with van der Waals surface area (Å²) in [4.78, 5) is 19.3. The van der Waals surface area contributed by atoms with E-state index in [1.54, 1.807) is 0 Å². The van der Waals surface area contributed by atoms with Gasteiger partial charge in [-0.1, -0.05) is 13.8 Å². The van der Waals surface area contributed by atoms with Crippen molar-refractivity contribution in [2.75, 3.05) is 19.8 Å². The second-order valence-electron chi connectivity index (χ2n) is 5.31. The van der Waals surface area contributed by atoms with Crippen molar-refractivity contribution in [1.82, 2.24) is 15.3 Å². The van der Waals surface area contributed by atoms with Crippen LogP contribution in [0.5, 0.6) is 0 Å². The number of imidazole rings is 1. The Bertz CT molecular complexity index is 440. The van der Waals surface area contributed by atoms with Crippen molar-refractivity contribution in [1.29, 1.82) is 0 Å². The Morgan fingerprint density at radius 2 is 2.28 bits per heavy atom. The normalized spacial score (nSPS) is 18.1. The standard InChI is InChI=1S/C12H19N3O3/c1-12(2)5-8-10(11(17)13-7-12)15-9(14-8)6-18-4-3-16/h16H,3-7H2,1-2H3,(H,13,17)(H,14,15). The smallest absolute Gasteiger partial charge is 0.271 e. The first-order valence-corrected chi connectivity index (χ1v) is 6.06. The third-order valence-corrected chi connectivity index (χ3v) is 2.90. The minimum absolute atomic E-state index is 0.0106. The molecular formula is C12H19N3O3. The van der Waals surface area contributed by atoms with Crippen LogP contribution in [-0.2, 0) is 17.8 Å². The molecule has 0 atom stereocenters. The second-order valence-corrected chi connectivity index (χ2v) is 5.31. The van der Waals surface area contributed by atoms with Gasteiger partial charge in [0.05, 0.1) is 13.2 Å². The Labute approximate surface area is 106 Å². The highest BCUT2D eigenvalue weighted by molar-refractivity contribution is 5.93. The van der Waals surface area contributed by atoms with Gasteiger partial charge in [-0.15, -0.1) is 0 Å². The lowest BCUT2D eigenvalue weighted by Gasteiger charge is -2.21. The van der Waals surface area contributed by atoms with Crippen molar-refractivity contribution in [3.05, 3.63) is 17.2 Å². The molecule has 2 rings (SSSR count). The van der Waals surface area contributed by atoms with Gasteiger partial charge in [-0.25, -0.2) is 4.98 Å². The number of amides is 1. The summed E-state index contributed by atoms with van der Waals surface area (Å²) in [6.07, 6.45) is 0.772. The third kappa shape index (κ3) is 2.88. The molecule has 0 saturated carbocycles. The lowest BCUT2D eigenvalue weighted by Crippen LogP contribution is -2.32. The fourth-order valence-corrected chi connectivity index (χ4v) is 2.03. The maximum atomic E-state index is 11.9. The molecule has 0 bridgehead atoms. The molecule has 0 saturated heterocycles. The van der Waals surface area contributed by atoms with Crippen molar-refractivity contribution < 1.29 is 14.6 Å². The molecule has 0 aromatic carbocycles. The highest BCUT2D eigenvalue weighted by atomic mass is 16.5. The van der Waals surface area contributed by atoms with Gasteiger partial charge in [-0.3, -0.25) is 4.79 Å². The number of fused-ring (bicyclic) bond motifs is 1. The summed E-state index contributed by atoms with van der Waals surface area (Å²) in [6, 6.07) is 0. The van der Waals surface area contributed by atoms with Crippen molar-refractivity contribution in [2.24, 2.45) is 5.41 Å². The fraction of sp³-hybridized carbons (Fsp3) is 0.667. The van der Waals surface area contributed by atoms with E-state index in [9.17, 15) is 4.79 Å². The first-order chi connectivity index (χ1) is 8.52. The number of aromatic amines is 1. The zero-order valence-electron chi connectivity index (χ0n) is 10.7. The van der Waals surface area contributed by atoms with E-state index in [1.165, 1.54) is 0 Å². The molecule has 1 aromatic heterocycles. The molecule has 6 heteroatoms. The molecule has 6 nitrogen and oxygen atoms in total. The average molecular weight is 253 g/mol. The van der Waals surface area contributed by atoms with Gasteiger partial charge >= 0.3 is 0 Å². The molecule has 2 heterocycles. The maximum absolute atomic E-state index is 11.9. The molecule has 1 aliphatic heterocycles. The van der Waals surface area contributed by atoms with Crippen LogP contribution in [0.4, 0.5) is 0 Å². The number of rotatable bonds is 4. The molecule has 1 aliphatic rings. The van der Waals surface area contributed by atoms with Crippen molar-refractivity contribution in [3.63, 3.8) is 0 Å². The molecule has 0 fully saturated rings. The molecule has 0 spiro atoms. The quantitative estimate of drug-likeness (QED) is 0.670. The molecule has 3 N–H and O–H groups in total. The van der Waals surface area contributed by atoms with Gasteiger partial charge in [0.15, 0.2) is 0 Å². The highest BCUT2D eigenvalue weighted by Crippen LogP contribution is 2.25. The number of carbonyl (C=O) groups is 1. The molecule has 0 aliphatic carbocycles. The zero-order valence-corrected chi connectivity index (χ0v) is 10.7. The van der Waals surface area contributed by atoms with E-state index >= 15 is 0 Å². The van der Waals surface area contributed by atoms with Gasteiger partial charge in [0, 0.05) is 12.2 Å². The Balaban J connectivity index is 2.16.